The number of phenolic OH excluding ortho intramolecular Hbond substituents is 1. The van der Waals surface area contributed by atoms with Gasteiger partial charge in [-0.25, -0.2) is 0 Å². The van der Waals surface area contributed by atoms with Crippen LogP contribution in [0, 0.1) is 0 Å². The Balaban J connectivity index is 2.23. The lowest BCUT2D eigenvalue weighted by atomic mass is 10.0. The number of rotatable bonds is 3. The van der Waals surface area contributed by atoms with E-state index in [1.165, 1.54) is 7.11 Å². The fourth-order valence-corrected chi connectivity index (χ4v) is 1.77. The molecule has 0 unspecified atom stereocenters. The molecule has 1 heterocycles. The number of hydrogen-bond donors (Lipinski definition) is 1. The van der Waals surface area contributed by atoms with Gasteiger partial charge in [-0.15, -0.1) is 0 Å². The van der Waals surface area contributed by atoms with Gasteiger partial charge in [0.1, 0.15) is 0 Å². The van der Waals surface area contributed by atoms with Crippen molar-refractivity contribution in [2.45, 2.75) is 25.9 Å². The summed E-state index contributed by atoms with van der Waals surface area (Å²) < 4.78 is 5.06. The SMILES string of the molecule is CCC1=NO[C@H](c2cccc(OC)c2O)C1. The summed E-state index contributed by atoms with van der Waals surface area (Å²) >= 11 is 0. The summed E-state index contributed by atoms with van der Waals surface area (Å²) in [6.45, 7) is 2.04. The number of nitrogens with zero attached hydrogens (tertiary/aromatic N) is 1. The van der Waals surface area contributed by atoms with Crippen LogP contribution in [-0.4, -0.2) is 17.9 Å². The molecule has 4 heteroatoms. The third-order valence-electron chi connectivity index (χ3n) is 2.74. The number of hydrogen-bond acceptors (Lipinski definition) is 4. The van der Waals surface area contributed by atoms with Crippen molar-refractivity contribution < 1.29 is 14.7 Å². The molecule has 0 saturated carbocycles. The first-order valence-corrected chi connectivity index (χ1v) is 5.33. The monoisotopic (exact) mass is 221 g/mol. The van der Waals surface area contributed by atoms with Crippen molar-refractivity contribution in [1.82, 2.24) is 0 Å². The molecule has 1 aromatic carbocycles. The lowest BCUT2D eigenvalue weighted by molar-refractivity contribution is 0.0834. The van der Waals surface area contributed by atoms with Crippen LogP contribution in [0.4, 0.5) is 0 Å². The second-order valence-electron chi connectivity index (χ2n) is 3.71. The molecule has 1 aliphatic heterocycles. The summed E-state index contributed by atoms with van der Waals surface area (Å²) in [5.74, 6) is 0.605. The third-order valence-corrected chi connectivity index (χ3v) is 2.74. The van der Waals surface area contributed by atoms with Crippen molar-refractivity contribution in [3.63, 3.8) is 0 Å². The Hall–Kier alpha value is -1.71. The van der Waals surface area contributed by atoms with Gasteiger partial charge in [-0.05, 0) is 12.5 Å². The normalized spacial score (nSPS) is 19.1. The van der Waals surface area contributed by atoms with Crippen LogP contribution in [0.15, 0.2) is 23.4 Å². The Labute approximate surface area is 94.5 Å². The van der Waals surface area contributed by atoms with E-state index in [4.69, 9.17) is 9.57 Å². The second-order valence-corrected chi connectivity index (χ2v) is 3.71. The summed E-state index contributed by atoms with van der Waals surface area (Å²) in [7, 11) is 1.53. The summed E-state index contributed by atoms with van der Waals surface area (Å²) in [5.41, 5.74) is 1.75. The lowest BCUT2D eigenvalue weighted by Crippen LogP contribution is -2.00. The number of ether oxygens (including phenoxy) is 1. The van der Waals surface area contributed by atoms with Crippen molar-refractivity contribution in [3.05, 3.63) is 23.8 Å². The van der Waals surface area contributed by atoms with Gasteiger partial charge in [-0.1, -0.05) is 24.2 Å². The van der Waals surface area contributed by atoms with Crippen LogP contribution in [0.5, 0.6) is 11.5 Å². The number of oxime groups is 1. The quantitative estimate of drug-likeness (QED) is 0.853. The fourth-order valence-electron chi connectivity index (χ4n) is 1.77. The Morgan fingerprint density at radius 2 is 2.38 bits per heavy atom. The van der Waals surface area contributed by atoms with E-state index in [1.54, 1.807) is 6.07 Å². The number of para-hydroxylation sites is 1. The highest BCUT2D eigenvalue weighted by molar-refractivity contribution is 5.85. The second kappa shape index (κ2) is 4.43. The molecule has 0 aromatic heterocycles. The van der Waals surface area contributed by atoms with E-state index >= 15 is 0 Å². The van der Waals surface area contributed by atoms with Crippen molar-refractivity contribution in [1.29, 1.82) is 0 Å². The molecular weight excluding hydrogens is 206 g/mol. The largest absolute Gasteiger partial charge is 0.504 e. The minimum Gasteiger partial charge on any atom is -0.504 e. The van der Waals surface area contributed by atoms with Gasteiger partial charge in [0.15, 0.2) is 17.6 Å². The number of benzene rings is 1. The maximum absolute atomic E-state index is 9.95. The van der Waals surface area contributed by atoms with E-state index in [9.17, 15) is 5.11 Å². The van der Waals surface area contributed by atoms with Gasteiger partial charge < -0.3 is 14.7 Å². The Kier molecular flexibility index (Phi) is 2.99. The molecule has 0 spiro atoms. The van der Waals surface area contributed by atoms with E-state index in [2.05, 4.69) is 5.16 Å². The number of methoxy groups -OCH3 is 1. The van der Waals surface area contributed by atoms with Gasteiger partial charge in [0.2, 0.25) is 0 Å². The zero-order valence-electron chi connectivity index (χ0n) is 9.43. The summed E-state index contributed by atoms with van der Waals surface area (Å²) in [4.78, 5) is 5.30. The molecule has 1 atom stereocenters. The highest BCUT2D eigenvalue weighted by Gasteiger charge is 2.25. The maximum atomic E-state index is 9.95. The van der Waals surface area contributed by atoms with E-state index in [0.717, 1.165) is 24.1 Å². The molecular formula is C12H15NO3. The molecule has 86 valence electrons. The first-order valence-electron chi connectivity index (χ1n) is 5.33. The zero-order valence-corrected chi connectivity index (χ0v) is 9.43. The summed E-state index contributed by atoms with van der Waals surface area (Å²) in [6, 6.07) is 5.38. The Morgan fingerprint density at radius 1 is 1.56 bits per heavy atom. The average Bonchev–Trinajstić information content (AvgIpc) is 2.78. The fraction of sp³-hybridized carbons (Fsp3) is 0.417. The van der Waals surface area contributed by atoms with Crippen LogP contribution < -0.4 is 4.74 Å². The molecule has 4 nitrogen and oxygen atoms in total. The van der Waals surface area contributed by atoms with Gasteiger partial charge in [0.25, 0.3) is 0 Å². The molecule has 16 heavy (non-hydrogen) atoms. The molecule has 1 aromatic rings. The van der Waals surface area contributed by atoms with Gasteiger partial charge in [0.05, 0.1) is 12.8 Å². The highest BCUT2D eigenvalue weighted by Crippen LogP contribution is 2.38. The van der Waals surface area contributed by atoms with Crippen LogP contribution >= 0.6 is 0 Å². The van der Waals surface area contributed by atoms with E-state index < -0.39 is 0 Å². The highest BCUT2D eigenvalue weighted by atomic mass is 16.6. The van der Waals surface area contributed by atoms with Gasteiger partial charge in [-0.3, -0.25) is 0 Å². The topological polar surface area (TPSA) is 51.0 Å². The first-order chi connectivity index (χ1) is 7.76. The smallest absolute Gasteiger partial charge is 0.164 e. The zero-order chi connectivity index (χ0) is 11.5. The minimum absolute atomic E-state index is 0.141. The number of aromatic hydroxyl groups is 1. The van der Waals surface area contributed by atoms with Crippen molar-refractivity contribution >= 4 is 5.71 Å². The average molecular weight is 221 g/mol. The molecule has 0 saturated heterocycles. The van der Waals surface area contributed by atoms with Gasteiger partial charge in [0, 0.05) is 12.0 Å². The minimum atomic E-state index is -0.190. The van der Waals surface area contributed by atoms with Crippen molar-refractivity contribution in [2.75, 3.05) is 7.11 Å². The van der Waals surface area contributed by atoms with E-state index in [1.807, 2.05) is 19.1 Å². The van der Waals surface area contributed by atoms with Gasteiger partial charge in [-0.2, -0.15) is 0 Å². The molecule has 1 N–H and O–H groups in total. The molecule has 1 aliphatic rings. The van der Waals surface area contributed by atoms with Crippen LogP contribution in [0.2, 0.25) is 0 Å². The molecule has 0 fully saturated rings. The van der Waals surface area contributed by atoms with Gasteiger partial charge >= 0.3 is 0 Å². The van der Waals surface area contributed by atoms with Crippen LogP contribution in [0.25, 0.3) is 0 Å². The summed E-state index contributed by atoms with van der Waals surface area (Å²) in [6.07, 6.45) is 1.42. The standard InChI is InChI=1S/C12H15NO3/c1-3-8-7-11(16-13-8)9-5-4-6-10(15-2)12(9)14/h4-6,11,14H,3,7H2,1-2H3/t11-/m0/s1. The molecule has 2 rings (SSSR count). The summed E-state index contributed by atoms with van der Waals surface area (Å²) in [5, 5.41) is 13.9. The third kappa shape index (κ3) is 1.83. The van der Waals surface area contributed by atoms with Crippen LogP contribution in [-0.2, 0) is 4.84 Å². The molecule has 0 bridgehead atoms. The van der Waals surface area contributed by atoms with E-state index in [0.29, 0.717) is 5.75 Å². The number of phenols is 1. The van der Waals surface area contributed by atoms with Crippen molar-refractivity contribution in [3.8, 4) is 11.5 Å². The lowest BCUT2D eigenvalue weighted by Gasteiger charge is -2.12. The maximum Gasteiger partial charge on any atom is 0.164 e. The van der Waals surface area contributed by atoms with Crippen LogP contribution in [0.3, 0.4) is 0 Å². The molecule has 0 aliphatic carbocycles. The predicted octanol–water partition coefficient (Wildman–Crippen LogP) is 2.63. The van der Waals surface area contributed by atoms with E-state index in [-0.39, 0.29) is 11.9 Å². The Morgan fingerprint density at radius 3 is 3.00 bits per heavy atom. The molecule has 0 radical (unpaired) electrons. The Bertz CT molecular complexity index is 415. The molecule has 0 amide bonds. The van der Waals surface area contributed by atoms with Crippen LogP contribution in [0.1, 0.15) is 31.4 Å². The first kappa shape index (κ1) is 10.8. The predicted molar refractivity (Wildman–Crippen MR) is 60.8 cm³/mol. The van der Waals surface area contributed by atoms with Crippen molar-refractivity contribution in [2.24, 2.45) is 5.16 Å².